The molecule has 0 nitrogen and oxygen atoms in total. The molecule has 0 saturated carbocycles. The smallest absolute Gasteiger partial charge is 0.185 e. The van der Waals surface area contributed by atoms with Gasteiger partial charge in [0.1, 0.15) is 0 Å². The van der Waals surface area contributed by atoms with Crippen molar-refractivity contribution in [3.63, 3.8) is 0 Å². The Hall–Kier alpha value is -1.02. The quantitative estimate of drug-likeness (QED) is 0.418. The van der Waals surface area contributed by atoms with Gasteiger partial charge in [0, 0.05) is 5.56 Å². The molecule has 80 valence electrons. The van der Waals surface area contributed by atoms with Gasteiger partial charge in [-0.05, 0) is 34.0 Å². The van der Waals surface area contributed by atoms with Crippen LogP contribution in [-0.4, -0.2) is 10.8 Å². The summed E-state index contributed by atoms with van der Waals surface area (Å²) in [5, 5.41) is 0. The predicted octanol–water partition coefficient (Wildman–Crippen LogP) is 3.66. The first-order chi connectivity index (χ1) is 6.83. The van der Waals surface area contributed by atoms with Crippen molar-refractivity contribution in [1.82, 2.24) is 0 Å². The summed E-state index contributed by atoms with van der Waals surface area (Å²) in [5.41, 5.74) is 0.258. The van der Waals surface area contributed by atoms with Crippen LogP contribution < -0.4 is 0 Å². The van der Waals surface area contributed by atoms with Crippen LogP contribution in [0.5, 0.6) is 0 Å². The molecule has 0 aliphatic rings. The van der Waals surface area contributed by atoms with E-state index in [4.69, 9.17) is 0 Å². The van der Waals surface area contributed by atoms with E-state index in [1.165, 1.54) is 18.1 Å². The maximum absolute atomic E-state index is 12.6. The highest BCUT2D eigenvalue weighted by atomic mass is 79.9. The van der Waals surface area contributed by atoms with Gasteiger partial charge in [-0.3, -0.25) is 0 Å². The number of hydrogen-bond donors (Lipinski definition) is 0. The molecule has 1 rings (SSSR count). The molecular weight excluding hydrogens is 276 g/mol. The normalized spacial score (nSPS) is 11.8. The van der Waals surface area contributed by atoms with Crippen LogP contribution in [0.25, 0.3) is 0 Å². The molecule has 15 heavy (non-hydrogen) atoms. The maximum Gasteiger partial charge on any atom is 0.380 e. The number of alkyl halides is 5. The average molecular weight is 281 g/mol. The van der Waals surface area contributed by atoms with Crippen molar-refractivity contribution in [2.24, 2.45) is 0 Å². The van der Waals surface area contributed by atoms with E-state index in [1.54, 1.807) is 34.1 Å². The Morgan fingerprint density at radius 2 is 1.53 bits per heavy atom. The first-order valence-corrected chi connectivity index (χ1v) is 4.65. The average Bonchev–Trinajstić information content (AvgIpc) is 2.15. The zero-order valence-electron chi connectivity index (χ0n) is 7.28. The van der Waals surface area contributed by atoms with Gasteiger partial charge in [0.25, 0.3) is 0 Å². The third kappa shape index (κ3) is 3.24. The lowest BCUT2D eigenvalue weighted by molar-refractivity contribution is -0.104. The summed E-state index contributed by atoms with van der Waals surface area (Å²) in [7, 11) is 0. The lowest BCUT2D eigenvalue weighted by Gasteiger charge is -2.14. The lowest BCUT2D eigenvalue weighted by Crippen LogP contribution is -2.33. The topological polar surface area (TPSA) is 0 Å². The Balaban J connectivity index is 2.92. The molecule has 0 saturated heterocycles. The van der Waals surface area contributed by atoms with Crippen molar-refractivity contribution in [2.75, 3.05) is 0 Å². The second-order valence-corrected chi connectivity index (χ2v) is 3.68. The molecule has 0 amide bonds. The fourth-order valence-corrected chi connectivity index (χ4v) is 0.842. The van der Waals surface area contributed by atoms with Crippen molar-refractivity contribution < 1.29 is 17.6 Å². The zero-order valence-corrected chi connectivity index (χ0v) is 8.86. The van der Waals surface area contributed by atoms with E-state index in [-0.39, 0.29) is 5.56 Å². The molecule has 1 aromatic carbocycles. The van der Waals surface area contributed by atoms with E-state index in [1.807, 2.05) is 5.92 Å². The summed E-state index contributed by atoms with van der Waals surface area (Å²) >= 11 is 1.59. The standard InChI is InChI=1S/C10H5BrF4/c11-10(14,15)9(12,13)7-6-8-4-2-1-3-5-8/h1-5H. The van der Waals surface area contributed by atoms with E-state index in [2.05, 4.69) is 0 Å². The van der Waals surface area contributed by atoms with E-state index < -0.39 is 10.8 Å². The molecule has 1 aromatic rings. The van der Waals surface area contributed by atoms with E-state index in [9.17, 15) is 17.6 Å². The zero-order chi connectivity index (χ0) is 11.5. The summed E-state index contributed by atoms with van der Waals surface area (Å²) in [6, 6.07) is 7.73. The molecule has 0 aromatic heterocycles. The van der Waals surface area contributed by atoms with Crippen LogP contribution in [0.3, 0.4) is 0 Å². The van der Waals surface area contributed by atoms with Crippen LogP contribution in [0.15, 0.2) is 30.3 Å². The highest BCUT2D eigenvalue weighted by molar-refractivity contribution is 9.10. The van der Waals surface area contributed by atoms with Gasteiger partial charge in [-0.1, -0.05) is 24.1 Å². The van der Waals surface area contributed by atoms with Gasteiger partial charge in [0.05, 0.1) is 0 Å². The van der Waals surface area contributed by atoms with Gasteiger partial charge in [-0.2, -0.15) is 17.6 Å². The molecule has 0 N–H and O–H groups in total. The van der Waals surface area contributed by atoms with E-state index in [0.717, 1.165) is 0 Å². The van der Waals surface area contributed by atoms with Crippen molar-refractivity contribution in [3.8, 4) is 11.8 Å². The van der Waals surface area contributed by atoms with Crippen molar-refractivity contribution >= 4 is 15.9 Å². The van der Waals surface area contributed by atoms with Gasteiger partial charge >= 0.3 is 10.8 Å². The molecule has 0 radical (unpaired) electrons. The Morgan fingerprint density at radius 1 is 1.00 bits per heavy atom. The molecule has 0 fully saturated rings. The van der Waals surface area contributed by atoms with Crippen LogP contribution in [-0.2, 0) is 0 Å². The lowest BCUT2D eigenvalue weighted by atomic mass is 10.2. The Kier molecular flexibility index (Phi) is 3.40. The monoisotopic (exact) mass is 280 g/mol. The summed E-state index contributed by atoms with van der Waals surface area (Å²) in [4.78, 5) is -4.32. The Labute approximate surface area is 92.4 Å². The summed E-state index contributed by atoms with van der Waals surface area (Å²) < 4.78 is 49.8. The molecular formula is C10H5BrF4. The largest absolute Gasteiger partial charge is 0.380 e. The van der Waals surface area contributed by atoms with Gasteiger partial charge in [-0.25, -0.2) is 0 Å². The fraction of sp³-hybridized carbons (Fsp3) is 0.200. The van der Waals surface area contributed by atoms with Gasteiger partial charge in [0.15, 0.2) is 0 Å². The minimum absolute atomic E-state index is 0.258. The highest BCUT2D eigenvalue weighted by Gasteiger charge is 2.53. The third-order valence-electron chi connectivity index (χ3n) is 1.49. The first kappa shape index (κ1) is 12.1. The van der Waals surface area contributed by atoms with Crippen LogP contribution in [0, 0.1) is 11.8 Å². The van der Waals surface area contributed by atoms with Crippen molar-refractivity contribution in [2.45, 2.75) is 10.8 Å². The molecule has 0 heterocycles. The number of hydrogen-bond acceptors (Lipinski definition) is 0. The van der Waals surface area contributed by atoms with E-state index >= 15 is 0 Å². The molecule has 0 bridgehead atoms. The first-order valence-electron chi connectivity index (χ1n) is 3.86. The summed E-state index contributed by atoms with van der Waals surface area (Å²) in [6.45, 7) is 0. The molecule has 0 spiro atoms. The Bertz CT molecular complexity index is 383. The molecule has 0 atom stereocenters. The summed E-state index contributed by atoms with van der Waals surface area (Å²) in [6.07, 6.45) is 0. The van der Waals surface area contributed by atoms with E-state index in [0.29, 0.717) is 0 Å². The Morgan fingerprint density at radius 3 is 2.00 bits per heavy atom. The number of benzene rings is 1. The van der Waals surface area contributed by atoms with Gasteiger partial charge < -0.3 is 0 Å². The van der Waals surface area contributed by atoms with Crippen molar-refractivity contribution in [3.05, 3.63) is 35.9 Å². The van der Waals surface area contributed by atoms with Crippen LogP contribution >= 0.6 is 15.9 Å². The van der Waals surface area contributed by atoms with Crippen LogP contribution in [0.4, 0.5) is 17.6 Å². The van der Waals surface area contributed by atoms with Gasteiger partial charge in [-0.15, -0.1) is 0 Å². The molecule has 5 heteroatoms. The second kappa shape index (κ2) is 4.23. The fourth-order valence-electron chi connectivity index (χ4n) is 0.743. The second-order valence-electron chi connectivity index (χ2n) is 2.69. The molecule has 0 aliphatic carbocycles. The molecule has 0 unspecified atom stereocenters. The number of halogens is 5. The predicted molar refractivity (Wildman–Crippen MR) is 52.1 cm³/mol. The SMILES string of the molecule is FC(F)(Br)C(F)(F)C#Cc1ccccc1. The van der Waals surface area contributed by atoms with Gasteiger partial charge in [0.2, 0.25) is 0 Å². The van der Waals surface area contributed by atoms with Crippen LogP contribution in [0.2, 0.25) is 0 Å². The highest BCUT2D eigenvalue weighted by Crippen LogP contribution is 2.38. The van der Waals surface area contributed by atoms with Crippen LogP contribution in [0.1, 0.15) is 5.56 Å². The third-order valence-corrected chi connectivity index (χ3v) is 1.99. The maximum atomic E-state index is 12.6. The summed E-state index contributed by atoms with van der Waals surface area (Å²) in [5.74, 6) is -1.17. The molecule has 0 aliphatic heterocycles. The number of rotatable bonds is 1. The minimum atomic E-state index is -4.39. The van der Waals surface area contributed by atoms with Crippen molar-refractivity contribution in [1.29, 1.82) is 0 Å². The minimum Gasteiger partial charge on any atom is -0.185 e.